The van der Waals surface area contributed by atoms with Crippen LogP contribution in [0.2, 0.25) is 0 Å². The molecule has 1 atom stereocenters. The number of hydrogen-bond acceptors (Lipinski definition) is 2. The van der Waals surface area contributed by atoms with Crippen LogP contribution in [0, 0.1) is 12.7 Å². The van der Waals surface area contributed by atoms with Gasteiger partial charge in [0.15, 0.2) is 0 Å². The minimum atomic E-state index is -0.116. The summed E-state index contributed by atoms with van der Waals surface area (Å²) in [4.78, 5) is 2.31. The van der Waals surface area contributed by atoms with E-state index >= 15 is 0 Å². The van der Waals surface area contributed by atoms with E-state index in [0.717, 1.165) is 25.1 Å². The second kappa shape index (κ2) is 7.49. The SMILES string of the molecule is CCCN(C)CCC(NC)c1ccc(C)c(F)c1. The predicted molar refractivity (Wildman–Crippen MR) is 75.3 cm³/mol. The third kappa shape index (κ3) is 4.39. The molecule has 2 nitrogen and oxygen atoms in total. The molecule has 0 saturated heterocycles. The van der Waals surface area contributed by atoms with Gasteiger partial charge >= 0.3 is 0 Å². The molecule has 0 aliphatic heterocycles. The zero-order valence-electron chi connectivity index (χ0n) is 12.0. The minimum absolute atomic E-state index is 0.116. The monoisotopic (exact) mass is 252 g/mol. The molecule has 0 amide bonds. The quantitative estimate of drug-likeness (QED) is 0.802. The van der Waals surface area contributed by atoms with Crippen LogP contribution in [0.3, 0.4) is 0 Å². The van der Waals surface area contributed by atoms with Crippen molar-refractivity contribution in [3.8, 4) is 0 Å². The van der Waals surface area contributed by atoms with E-state index in [1.165, 1.54) is 6.42 Å². The Morgan fingerprint density at radius 1 is 1.33 bits per heavy atom. The van der Waals surface area contributed by atoms with Crippen molar-refractivity contribution in [2.45, 2.75) is 32.7 Å². The van der Waals surface area contributed by atoms with Crippen LogP contribution in [-0.2, 0) is 0 Å². The summed E-state index contributed by atoms with van der Waals surface area (Å²) >= 11 is 0. The van der Waals surface area contributed by atoms with Crippen LogP contribution in [0.15, 0.2) is 18.2 Å². The van der Waals surface area contributed by atoms with Crippen molar-refractivity contribution in [1.29, 1.82) is 0 Å². The maximum absolute atomic E-state index is 13.6. The number of aryl methyl sites for hydroxylation is 1. The average Bonchev–Trinajstić information content (AvgIpc) is 2.34. The summed E-state index contributed by atoms with van der Waals surface area (Å²) < 4.78 is 13.6. The van der Waals surface area contributed by atoms with Gasteiger partial charge in [-0.3, -0.25) is 0 Å². The fraction of sp³-hybridized carbons (Fsp3) is 0.600. The number of nitrogens with zero attached hydrogens (tertiary/aromatic N) is 1. The van der Waals surface area contributed by atoms with E-state index in [9.17, 15) is 4.39 Å². The van der Waals surface area contributed by atoms with Crippen LogP contribution in [0.4, 0.5) is 4.39 Å². The lowest BCUT2D eigenvalue weighted by Crippen LogP contribution is -2.26. The first-order valence-corrected chi connectivity index (χ1v) is 6.70. The molecule has 1 aromatic rings. The van der Waals surface area contributed by atoms with Crippen LogP contribution in [0.5, 0.6) is 0 Å². The van der Waals surface area contributed by atoms with Gasteiger partial charge in [0.25, 0.3) is 0 Å². The first-order valence-electron chi connectivity index (χ1n) is 6.70. The molecule has 1 aromatic carbocycles. The second-order valence-corrected chi connectivity index (χ2v) is 4.94. The van der Waals surface area contributed by atoms with Gasteiger partial charge in [0.1, 0.15) is 5.82 Å². The van der Waals surface area contributed by atoms with Crippen LogP contribution in [0.25, 0.3) is 0 Å². The van der Waals surface area contributed by atoms with Crippen molar-refractivity contribution >= 4 is 0 Å². The van der Waals surface area contributed by atoms with Gasteiger partial charge in [-0.15, -0.1) is 0 Å². The number of hydrogen-bond donors (Lipinski definition) is 1. The molecule has 0 spiro atoms. The highest BCUT2D eigenvalue weighted by Gasteiger charge is 2.11. The summed E-state index contributed by atoms with van der Waals surface area (Å²) in [6.07, 6.45) is 2.16. The summed E-state index contributed by atoms with van der Waals surface area (Å²) in [7, 11) is 4.06. The average molecular weight is 252 g/mol. The van der Waals surface area contributed by atoms with E-state index in [-0.39, 0.29) is 11.9 Å². The molecule has 0 aliphatic carbocycles. The number of rotatable bonds is 7. The Bertz CT molecular complexity index is 366. The van der Waals surface area contributed by atoms with E-state index in [4.69, 9.17) is 0 Å². The van der Waals surface area contributed by atoms with Crippen molar-refractivity contribution in [2.75, 3.05) is 27.2 Å². The van der Waals surface area contributed by atoms with E-state index in [1.807, 2.05) is 19.2 Å². The molecule has 0 bridgehead atoms. The lowest BCUT2D eigenvalue weighted by Gasteiger charge is -2.21. The van der Waals surface area contributed by atoms with Crippen LogP contribution in [0.1, 0.15) is 36.9 Å². The van der Waals surface area contributed by atoms with Crippen molar-refractivity contribution in [2.24, 2.45) is 0 Å². The highest BCUT2D eigenvalue weighted by Crippen LogP contribution is 2.19. The highest BCUT2D eigenvalue weighted by atomic mass is 19.1. The lowest BCUT2D eigenvalue weighted by atomic mass is 10.0. The molecule has 0 saturated carbocycles. The molecule has 0 heterocycles. The van der Waals surface area contributed by atoms with Gasteiger partial charge in [0.05, 0.1) is 0 Å². The summed E-state index contributed by atoms with van der Waals surface area (Å²) in [5.74, 6) is -0.116. The molecule has 0 aromatic heterocycles. The van der Waals surface area contributed by atoms with Crippen molar-refractivity contribution in [3.63, 3.8) is 0 Å². The number of nitrogens with one attached hydrogen (secondary N) is 1. The third-order valence-electron chi connectivity index (χ3n) is 3.35. The lowest BCUT2D eigenvalue weighted by molar-refractivity contribution is 0.311. The Labute approximate surface area is 110 Å². The van der Waals surface area contributed by atoms with E-state index < -0.39 is 0 Å². The molecular formula is C15H25FN2. The molecule has 18 heavy (non-hydrogen) atoms. The Balaban J connectivity index is 2.62. The minimum Gasteiger partial charge on any atom is -0.313 e. The standard InChI is InChI=1S/C15H25FN2/c1-5-9-18(4)10-8-15(17-3)13-7-6-12(2)14(16)11-13/h6-7,11,15,17H,5,8-10H2,1-4H3. The molecule has 102 valence electrons. The Hall–Kier alpha value is -0.930. The molecule has 3 heteroatoms. The van der Waals surface area contributed by atoms with E-state index in [1.54, 1.807) is 13.0 Å². The molecule has 1 unspecified atom stereocenters. The van der Waals surface area contributed by atoms with E-state index in [0.29, 0.717) is 5.56 Å². The number of benzene rings is 1. The summed E-state index contributed by atoms with van der Waals surface area (Å²) in [6, 6.07) is 5.74. The molecule has 1 N–H and O–H groups in total. The highest BCUT2D eigenvalue weighted by molar-refractivity contribution is 5.25. The van der Waals surface area contributed by atoms with Gasteiger partial charge in [0, 0.05) is 6.04 Å². The summed E-state index contributed by atoms with van der Waals surface area (Å²) in [5.41, 5.74) is 1.74. The van der Waals surface area contributed by atoms with Crippen molar-refractivity contribution in [1.82, 2.24) is 10.2 Å². The molecule has 0 aliphatic rings. The summed E-state index contributed by atoms with van der Waals surface area (Å²) in [6.45, 7) is 6.11. The Morgan fingerprint density at radius 3 is 2.61 bits per heavy atom. The molecule has 0 radical (unpaired) electrons. The van der Waals surface area contributed by atoms with Gasteiger partial charge in [-0.1, -0.05) is 19.1 Å². The largest absolute Gasteiger partial charge is 0.313 e. The summed E-state index contributed by atoms with van der Waals surface area (Å²) in [5, 5.41) is 3.27. The topological polar surface area (TPSA) is 15.3 Å². The van der Waals surface area contributed by atoms with Crippen molar-refractivity contribution < 1.29 is 4.39 Å². The fourth-order valence-corrected chi connectivity index (χ4v) is 2.15. The number of halogens is 1. The van der Waals surface area contributed by atoms with Gasteiger partial charge in [-0.05, 0) is 64.1 Å². The first kappa shape index (κ1) is 15.1. The van der Waals surface area contributed by atoms with Crippen LogP contribution < -0.4 is 5.32 Å². The van der Waals surface area contributed by atoms with Crippen LogP contribution >= 0.6 is 0 Å². The maximum Gasteiger partial charge on any atom is 0.126 e. The predicted octanol–water partition coefficient (Wildman–Crippen LogP) is 3.13. The Kier molecular flexibility index (Phi) is 6.30. The zero-order valence-corrected chi connectivity index (χ0v) is 12.0. The Morgan fingerprint density at radius 2 is 2.06 bits per heavy atom. The first-order chi connectivity index (χ1) is 8.58. The van der Waals surface area contributed by atoms with Gasteiger partial charge in [-0.25, -0.2) is 4.39 Å². The molecular weight excluding hydrogens is 227 g/mol. The van der Waals surface area contributed by atoms with Gasteiger partial charge < -0.3 is 10.2 Å². The van der Waals surface area contributed by atoms with Crippen LogP contribution in [-0.4, -0.2) is 32.1 Å². The maximum atomic E-state index is 13.6. The smallest absolute Gasteiger partial charge is 0.126 e. The fourth-order valence-electron chi connectivity index (χ4n) is 2.15. The molecule has 0 fully saturated rings. The normalized spacial score (nSPS) is 13.0. The van der Waals surface area contributed by atoms with E-state index in [2.05, 4.69) is 24.2 Å². The third-order valence-corrected chi connectivity index (χ3v) is 3.35. The zero-order chi connectivity index (χ0) is 13.5. The second-order valence-electron chi connectivity index (χ2n) is 4.94. The molecule has 1 rings (SSSR count). The van der Waals surface area contributed by atoms with Gasteiger partial charge in [-0.2, -0.15) is 0 Å². The van der Waals surface area contributed by atoms with Gasteiger partial charge in [0.2, 0.25) is 0 Å². The van der Waals surface area contributed by atoms with Crippen molar-refractivity contribution in [3.05, 3.63) is 35.1 Å².